The standard InChI is InChI=1S/C14H20N2O2/c1-14(8-4-5-9-14)16-13(17)10-18-12-7-3-2-6-11(12)15/h2-3,6-7H,4-5,8-10,15H2,1H3,(H,16,17). The molecule has 98 valence electrons. The number of hydrogen-bond acceptors (Lipinski definition) is 3. The lowest BCUT2D eigenvalue weighted by Gasteiger charge is -2.25. The highest BCUT2D eigenvalue weighted by atomic mass is 16.5. The van der Waals surface area contributed by atoms with Crippen molar-refractivity contribution in [3.05, 3.63) is 24.3 Å². The van der Waals surface area contributed by atoms with Crippen molar-refractivity contribution in [3.8, 4) is 5.75 Å². The molecule has 0 spiro atoms. The quantitative estimate of drug-likeness (QED) is 0.802. The van der Waals surface area contributed by atoms with Gasteiger partial charge >= 0.3 is 0 Å². The molecule has 0 unspecified atom stereocenters. The lowest BCUT2D eigenvalue weighted by atomic mass is 10.0. The molecule has 18 heavy (non-hydrogen) atoms. The highest BCUT2D eigenvalue weighted by molar-refractivity contribution is 5.78. The minimum absolute atomic E-state index is 0.0177. The Kier molecular flexibility index (Phi) is 3.75. The predicted molar refractivity (Wildman–Crippen MR) is 71.4 cm³/mol. The maximum Gasteiger partial charge on any atom is 0.258 e. The monoisotopic (exact) mass is 248 g/mol. The lowest BCUT2D eigenvalue weighted by molar-refractivity contribution is -0.124. The predicted octanol–water partition coefficient (Wildman–Crippen LogP) is 2.10. The van der Waals surface area contributed by atoms with Crippen molar-refractivity contribution in [2.75, 3.05) is 12.3 Å². The summed E-state index contributed by atoms with van der Waals surface area (Å²) in [6, 6.07) is 7.19. The van der Waals surface area contributed by atoms with Crippen molar-refractivity contribution in [3.63, 3.8) is 0 Å². The number of ether oxygens (including phenoxy) is 1. The Morgan fingerprint density at radius 3 is 2.72 bits per heavy atom. The molecule has 1 aromatic rings. The van der Waals surface area contributed by atoms with E-state index in [-0.39, 0.29) is 18.1 Å². The van der Waals surface area contributed by atoms with Crippen molar-refractivity contribution in [2.45, 2.75) is 38.1 Å². The number of carbonyl (C=O) groups excluding carboxylic acids is 1. The van der Waals surface area contributed by atoms with Gasteiger partial charge in [-0.25, -0.2) is 0 Å². The van der Waals surface area contributed by atoms with Gasteiger partial charge in [0, 0.05) is 5.54 Å². The van der Waals surface area contributed by atoms with Gasteiger partial charge in [0.25, 0.3) is 5.91 Å². The molecule has 0 atom stereocenters. The van der Waals surface area contributed by atoms with Crippen LogP contribution in [0.25, 0.3) is 0 Å². The summed E-state index contributed by atoms with van der Waals surface area (Å²) in [6.07, 6.45) is 4.46. The first-order chi connectivity index (χ1) is 8.59. The summed E-state index contributed by atoms with van der Waals surface area (Å²) in [5.74, 6) is 0.479. The molecule has 1 fully saturated rings. The number of carbonyl (C=O) groups is 1. The van der Waals surface area contributed by atoms with Crippen molar-refractivity contribution >= 4 is 11.6 Å². The topological polar surface area (TPSA) is 64.3 Å². The number of nitrogens with one attached hydrogen (secondary N) is 1. The van der Waals surface area contributed by atoms with Crippen molar-refractivity contribution in [1.82, 2.24) is 5.32 Å². The minimum Gasteiger partial charge on any atom is -0.482 e. The van der Waals surface area contributed by atoms with E-state index in [9.17, 15) is 4.79 Å². The van der Waals surface area contributed by atoms with Crippen LogP contribution in [0.4, 0.5) is 5.69 Å². The van der Waals surface area contributed by atoms with E-state index in [1.807, 2.05) is 12.1 Å². The molecule has 0 aromatic heterocycles. The lowest BCUT2D eigenvalue weighted by Crippen LogP contribution is -2.45. The van der Waals surface area contributed by atoms with Gasteiger partial charge in [0.2, 0.25) is 0 Å². The molecule has 0 saturated heterocycles. The summed E-state index contributed by atoms with van der Waals surface area (Å²) in [4.78, 5) is 11.8. The van der Waals surface area contributed by atoms with E-state index in [2.05, 4.69) is 12.2 Å². The van der Waals surface area contributed by atoms with E-state index < -0.39 is 0 Å². The summed E-state index contributed by atoms with van der Waals surface area (Å²) in [7, 11) is 0. The third kappa shape index (κ3) is 3.15. The Bertz CT molecular complexity index is 426. The van der Waals surface area contributed by atoms with Gasteiger partial charge in [0.15, 0.2) is 6.61 Å². The van der Waals surface area contributed by atoms with Crippen molar-refractivity contribution < 1.29 is 9.53 Å². The van der Waals surface area contributed by atoms with Gasteiger partial charge in [-0.15, -0.1) is 0 Å². The zero-order chi connectivity index (χ0) is 13.0. The molecule has 1 aliphatic rings. The third-order valence-electron chi connectivity index (χ3n) is 3.43. The Balaban J connectivity index is 1.83. The number of nitrogen functional groups attached to an aromatic ring is 1. The van der Waals surface area contributed by atoms with E-state index in [0.717, 1.165) is 12.8 Å². The van der Waals surface area contributed by atoms with Crippen LogP contribution in [0.3, 0.4) is 0 Å². The Labute approximate surface area is 108 Å². The van der Waals surface area contributed by atoms with E-state index in [1.165, 1.54) is 12.8 Å². The highest BCUT2D eigenvalue weighted by Crippen LogP contribution is 2.28. The van der Waals surface area contributed by atoms with E-state index in [1.54, 1.807) is 12.1 Å². The molecule has 3 N–H and O–H groups in total. The molecule has 0 heterocycles. The van der Waals surface area contributed by atoms with Crippen LogP contribution in [0.2, 0.25) is 0 Å². The van der Waals surface area contributed by atoms with Gasteiger partial charge in [-0.2, -0.15) is 0 Å². The van der Waals surface area contributed by atoms with E-state index in [4.69, 9.17) is 10.5 Å². The molecule has 0 radical (unpaired) electrons. The molecule has 0 bridgehead atoms. The molecule has 2 rings (SSSR count). The summed E-state index contributed by atoms with van der Waals surface area (Å²) in [5, 5.41) is 3.04. The number of hydrogen-bond donors (Lipinski definition) is 2. The number of amides is 1. The molecule has 4 heteroatoms. The average molecular weight is 248 g/mol. The zero-order valence-electron chi connectivity index (χ0n) is 10.7. The second-order valence-electron chi connectivity index (χ2n) is 5.14. The van der Waals surface area contributed by atoms with Crippen molar-refractivity contribution in [1.29, 1.82) is 0 Å². The van der Waals surface area contributed by atoms with E-state index >= 15 is 0 Å². The summed E-state index contributed by atoms with van der Waals surface area (Å²) < 4.78 is 5.42. The number of para-hydroxylation sites is 2. The van der Waals surface area contributed by atoms with Gasteiger partial charge in [-0.1, -0.05) is 25.0 Å². The number of benzene rings is 1. The normalized spacial score (nSPS) is 17.4. The Morgan fingerprint density at radius 2 is 2.06 bits per heavy atom. The number of rotatable bonds is 4. The molecular weight excluding hydrogens is 228 g/mol. The fourth-order valence-corrected chi connectivity index (χ4v) is 2.41. The van der Waals surface area contributed by atoms with Crippen LogP contribution in [0.5, 0.6) is 5.75 Å². The number of nitrogens with two attached hydrogens (primary N) is 1. The minimum atomic E-state index is -0.0809. The van der Waals surface area contributed by atoms with Gasteiger partial charge in [0.05, 0.1) is 5.69 Å². The SMILES string of the molecule is CC1(NC(=O)COc2ccccc2N)CCCC1. The van der Waals surface area contributed by atoms with Gasteiger partial charge < -0.3 is 15.8 Å². The smallest absolute Gasteiger partial charge is 0.258 e. The molecule has 1 saturated carbocycles. The fraction of sp³-hybridized carbons (Fsp3) is 0.500. The van der Waals surface area contributed by atoms with Crippen LogP contribution in [0.15, 0.2) is 24.3 Å². The first-order valence-corrected chi connectivity index (χ1v) is 6.37. The third-order valence-corrected chi connectivity index (χ3v) is 3.43. The van der Waals surface area contributed by atoms with Crippen LogP contribution in [-0.2, 0) is 4.79 Å². The molecule has 0 aliphatic heterocycles. The highest BCUT2D eigenvalue weighted by Gasteiger charge is 2.30. The summed E-state index contributed by atoms with van der Waals surface area (Å²) in [6.45, 7) is 2.11. The molecule has 1 aliphatic carbocycles. The molecular formula is C14H20N2O2. The van der Waals surface area contributed by atoms with Crippen LogP contribution in [0.1, 0.15) is 32.6 Å². The Hall–Kier alpha value is -1.71. The van der Waals surface area contributed by atoms with Crippen LogP contribution in [0, 0.1) is 0 Å². The van der Waals surface area contributed by atoms with Crippen LogP contribution < -0.4 is 15.8 Å². The van der Waals surface area contributed by atoms with E-state index in [0.29, 0.717) is 11.4 Å². The second kappa shape index (κ2) is 5.29. The second-order valence-corrected chi connectivity index (χ2v) is 5.14. The maximum atomic E-state index is 11.8. The van der Waals surface area contributed by atoms with Crippen molar-refractivity contribution in [2.24, 2.45) is 0 Å². The Morgan fingerprint density at radius 1 is 1.39 bits per heavy atom. The van der Waals surface area contributed by atoms with Gasteiger partial charge in [0.1, 0.15) is 5.75 Å². The molecule has 4 nitrogen and oxygen atoms in total. The zero-order valence-corrected chi connectivity index (χ0v) is 10.7. The first kappa shape index (κ1) is 12.7. The maximum absolute atomic E-state index is 11.8. The fourth-order valence-electron chi connectivity index (χ4n) is 2.41. The first-order valence-electron chi connectivity index (χ1n) is 6.37. The summed E-state index contributed by atoms with van der Waals surface area (Å²) >= 11 is 0. The average Bonchev–Trinajstić information content (AvgIpc) is 2.74. The summed E-state index contributed by atoms with van der Waals surface area (Å²) in [5.41, 5.74) is 6.24. The van der Waals surface area contributed by atoms with Gasteiger partial charge in [-0.3, -0.25) is 4.79 Å². The number of anilines is 1. The largest absolute Gasteiger partial charge is 0.482 e. The molecule has 1 aromatic carbocycles. The van der Waals surface area contributed by atoms with Crippen LogP contribution >= 0.6 is 0 Å². The van der Waals surface area contributed by atoms with Crippen LogP contribution in [-0.4, -0.2) is 18.1 Å². The van der Waals surface area contributed by atoms with Gasteiger partial charge in [-0.05, 0) is 31.9 Å². The molecule has 1 amide bonds.